The highest BCUT2D eigenvalue weighted by Crippen LogP contribution is 2.36. The van der Waals surface area contributed by atoms with Crippen molar-refractivity contribution in [3.63, 3.8) is 0 Å². The highest BCUT2D eigenvalue weighted by molar-refractivity contribution is 5.88. The summed E-state index contributed by atoms with van der Waals surface area (Å²) in [4.78, 5) is 29.6. The molecule has 2 atom stereocenters. The number of carbonyl (C=O) groups excluding carboxylic acids is 2. The van der Waals surface area contributed by atoms with Crippen molar-refractivity contribution < 1.29 is 14.3 Å². The quantitative estimate of drug-likeness (QED) is 0.615. The Hall–Kier alpha value is -1.18. The van der Waals surface area contributed by atoms with Crippen molar-refractivity contribution in [1.29, 1.82) is 0 Å². The van der Waals surface area contributed by atoms with Gasteiger partial charge in [-0.05, 0) is 38.0 Å². The van der Waals surface area contributed by atoms with E-state index in [1.54, 1.807) is 4.90 Å². The van der Waals surface area contributed by atoms with Crippen LogP contribution in [0.4, 0.5) is 0 Å². The molecule has 7 nitrogen and oxygen atoms in total. The van der Waals surface area contributed by atoms with E-state index in [9.17, 15) is 9.59 Å². The second-order valence-corrected chi connectivity index (χ2v) is 8.40. The molecule has 0 bridgehead atoms. The standard InChI is InChI=1S/C20H36N4O3/c1-27-14-19(25)24-13-17(11-18(24)20(26)22-10-9-21)23(16-7-8-16)12-15-5-3-2-4-6-15/h15-18H,2-14,21H2,1H3,(H,22,26). The number of nitrogens with zero attached hydrogens (tertiary/aromatic N) is 2. The molecule has 1 saturated heterocycles. The zero-order valence-corrected chi connectivity index (χ0v) is 16.7. The van der Waals surface area contributed by atoms with Gasteiger partial charge in [-0.1, -0.05) is 19.3 Å². The van der Waals surface area contributed by atoms with Crippen LogP contribution in [0, 0.1) is 5.92 Å². The number of amides is 2. The summed E-state index contributed by atoms with van der Waals surface area (Å²) in [5, 5.41) is 2.87. The van der Waals surface area contributed by atoms with Gasteiger partial charge in [-0.3, -0.25) is 14.5 Å². The fourth-order valence-electron chi connectivity index (χ4n) is 4.77. The van der Waals surface area contributed by atoms with E-state index in [-0.39, 0.29) is 24.5 Å². The summed E-state index contributed by atoms with van der Waals surface area (Å²) in [5.41, 5.74) is 5.52. The molecule has 0 radical (unpaired) electrons. The molecule has 3 N–H and O–H groups in total. The fourth-order valence-corrected chi connectivity index (χ4v) is 4.77. The van der Waals surface area contributed by atoms with E-state index in [2.05, 4.69) is 10.2 Å². The molecule has 2 saturated carbocycles. The molecule has 3 fully saturated rings. The van der Waals surface area contributed by atoms with E-state index in [0.717, 1.165) is 18.9 Å². The molecule has 1 aliphatic heterocycles. The monoisotopic (exact) mass is 380 g/mol. The molecule has 0 aromatic carbocycles. The lowest BCUT2D eigenvalue weighted by Gasteiger charge is -2.34. The zero-order chi connectivity index (χ0) is 19.2. The predicted molar refractivity (Wildman–Crippen MR) is 104 cm³/mol. The molecule has 2 amide bonds. The van der Waals surface area contributed by atoms with E-state index in [4.69, 9.17) is 10.5 Å². The number of methoxy groups -OCH3 is 1. The summed E-state index contributed by atoms with van der Waals surface area (Å²) >= 11 is 0. The number of carbonyl (C=O) groups is 2. The van der Waals surface area contributed by atoms with Gasteiger partial charge < -0.3 is 20.7 Å². The third-order valence-corrected chi connectivity index (χ3v) is 6.29. The predicted octanol–water partition coefficient (Wildman–Crippen LogP) is 0.722. The second-order valence-electron chi connectivity index (χ2n) is 8.40. The van der Waals surface area contributed by atoms with Crippen LogP contribution < -0.4 is 11.1 Å². The SMILES string of the molecule is COCC(=O)N1CC(N(CC2CCCCC2)C2CC2)CC1C(=O)NCCN. The number of hydrogen-bond acceptors (Lipinski definition) is 5. The lowest BCUT2D eigenvalue weighted by Crippen LogP contribution is -2.48. The number of nitrogens with one attached hydrogen (secondary N) is 1. The molecule has 0 spiro atoms. The average Bonchev–Trinajstić information content (AvgIpc) is 3.42. The van der Waals surface area contributed by atoms with Gasteiger partial charge in [-0.2, -0.15) is 0 Å². The van der Waals surface area contributed by atoms with Crippen molar-refractivity contribution >= 4 is 11.8 Å². The Morgan fingerprint density at radius 3 is 2.52 bits per heavy atom. The minimum atomic E-state index is -0.406. The number of likely N-dealkylation sites (tertiary alicyclic amines) is 1. The Morgan fingerprint density at radius 2 is 1.89 bits per heavy atom. The minimum Gasteiger partial charge on any atom is -0.375 e. The first-order valence-electron chi connectivity index (χ1n) is 10.7. The average molecular weight is 381 g/mol. The van der Waals surface area contributed by atoms with Gasteiger partial charge in [0.05, 0.1) is 0 Å². The van der Waals surface area contributed by atoms with Crippen LogP contribution in [0.3, 0.4) is 0 Å². The Morgan fingerprint density at radius 1 is 1.15 bits per heavy atom. The minimum absolute atomic E-state index is 0.0272. The maximum absolute atomic E-state index is 12.6. The Kier molecular flexibility index (Phi) is 7.49. The molecule has 2 aliphatic carbocycles. The largest absolute Gasteiger partial charge is 0.375 e. The van der Waals surface area contributed by atoms with Crippen molar-refractivity contribution in [3.05, 3.63) is 0 Å². The first kappa shape index (κ1) is 20.6. The molecule has 7 heteroatoms. The van der Waals surface area contributed by atoms with Gasteiger partial charge in [0.25, 0.3) is 0 Å². The first-order valence-corrected chi connectivity index (χ1v) is 10.7. The van der Waals surface area contributed by atoms with Gasteiger partial charge in [-0.25, -0.2) is 0 Å². The van der Waals surface area contributed by atoms with Gasteiger partial charge in [-0.15, -0.1) is 0 Å². The molecule has 3 aliphatic rings. The maximum atomic E-state index is 12.6. The van der Waals surface area contributed by atoms with Gasteiger partial charge in [0, 0.05) is 45.4 Å². The van der Waals surface area contributed by atoms with Crippen molar-refractivity contribution in [2.75, 3.05) is 39.9 Å². The Balaban J connectivity index is 1.67. The third-order valence-electron chi connectivity index (χ3n) is 6.29. The van der Waals surface area contributed by atoms with Crippen molar-refractivity contribution in [1.82, 2.24) is 15.1 Å². The van der Waals surface area contributed by atoms with E-state index in [0.29, 0.717) is 25.7 Å². The van der Waals surface area contributed by atoms with Crippen LogP contribution >= 0.6 is 0 Å². The fraction of sp³-hybridized carbons (Fsp3) is 0.900. The molecule has 3 rings (SSSR count). The molecule has 154 valence electrons. The number of hydrogen-bond donors (Lipinski definition) is 2. The lowest BCUT2D eigenvalue weighted by atomic mass is 9.88. The summed E-state index contributed by atoms with van der Waals surface area (Å²) in [6.45, 7) is 2.63. The topological polar surface area (TPSA) is 87.9 Å². The van der Waals surface area contributed by atoms with Gasteiger partial charge in [0.1, 0.15) is 12.6 Å². The molecule has 1 heterocycles. The summed E-state index contributed by atoms with van der Waals surface area (Å²) in [7, 11) is 1.52. The molecule has 0 aromatic heterocycles. The van der Waals surface area contributed by atoms with Crippen molar-refractivity contribution in [2.45, 2.75) is 69.5 Å². The van der Waals surface area contributed by atoms with Crippen LogP contribution in [0.5, 0.6) is 0 Å². The van der Waals surface area contributed by atoms with Crippen LogP contribution in [-0.2, 0) is 14.3 Å². The first-order chi connectivity index (χ1) is 13.1. The highest BCUT2D eigenvalue weighted by atomic mass is 16.5. The number of rotatable bonds is 9. The summed E-state index contributed by atoms with van der Waals surface area (Å²) in [5.74, 6) is 0.592. The smallest absolute Gasteiger partial charge is 0.249 e. The zero-order valence-electron chi connectivity index (χ0n) is 16.7. The second kappa shape index (κ2) is 9.85. The van der Waals surface area contributed by atoms with E-state index in [1.165, 1.54) is 52.1 Å². The normalized spacial score (nSPS) is 26.6. The van der Waals surface area contributed by atoms with Crippen LogP contribution in [0.25, 0.3) is 0 Å². The maximum Gasteiger partial charge on any atom is 0.249 e. The van der Waals surface area contributed by atoms with Gasteiger partial charge >= 0.3 is 0 Å². The summed E-state index contributed by atoms with van der Waals surface area (Å²) in [6.07, 6.45) is 9.91. The van der Waals surface area contributed by atoms with Crippen molar-refractivity contribution in [3.8, 4) is 0 Å². The van der Waals surface area contributed by atoms with Gasteiger partial charge in [0.15, 0.2) is 0 Å². The van der Waals surface area contributed by atoms with Crippen LogP contribution in [-0.4, -0.2) is 79.6 Å². The summed E-state index contributed by atoms with van der Waals surface area (Å²) in [6, 6.07) is 0.507. The third kappa shape index (κ3) is 5.42. The Bertz CT molecular complexity index is 505. The van der Waals surface area contributed by atoms with Crippen molar-refractivity contribution in [2.24, 2.45) is 11.7 Å². The van der Waals surface area contributed by atoms with E-state index in [1.807, 2.05) is 0 Å². The van der Waals surface area contributed by atoms with Crippen LogP contribution in [0.1, 0.15) is 51.4 Å². The van der Waals surface area contributed by atoms with E-state index >= 15 is 0 Å². The van der Waals surface area contributed by atoms with Crippen LogP contribution in [0.2, 0.25) is 0 Å². The number of ether oxygens (including phenoxy) is 1. The molecule has 0 aromatic rings. The molecule has 2 unspecified atom stereocenters. The van der Waals surface area contributed by atoms with E-state index < -0.39 is 6.04 Å². The lowest BCUT2D eigenvalue weighted by molar-refractivity contribution is -0.141. The molecular formula is C20H36N4O3. The summed E-state index contributed by atoms with van der Waals surface area (Å²) < 4.78 is 5.05. The molecular weight excluding hydrogens is 344 g/mol. The highest BCUT2D eigenvalue weighted by Gasteiger charge is 2.45. The van der Waals surface area contributed by atoms with Gasteiger partial charge in [0.2, 0.25) is 11.8 Å². The number of nitrogens with two attached hydrogens (primary N) is 1. The molecule has 27 heavy (non-hydrogen) atoms. The Labute approximate surface area is 163 Å². The van der Waals surface area contributed by atoms with Crippen LogP contribution in [0.15, 0.2) is 0 Å².